The molecule has 0 aliphatic carbocycles. The van der Waals surface area contributed by atoms with Crippen LogP contribution >= 0.6 is 0 Å². The molecule has 0 aliphatic rings. The average molecular weight is 346 g/mol. The molecule has 0 unspecified atom stereocenters. The molecule has 0 radical (unpaired) electrons. The Hall–Kier alpha value is -3.40. The van der Waals surface area contributed by atoms with Crippen LogP contribution in [0, 0.1) is 0 Å². The van der Waals surface area contributed by atoms with Crippen molar-refractivity contribution in [1.82, 2.24) is 0 Å². The van der Waals surface area contributed by atoms with Gasteiger partial charge in [0.15, 0.2) is 12.0 Å². The minimum Gasteiger partial charge on any atom is -0.480 e. The Kier molecular flexibility index (Phi) is 5.44. The number of carbonyl (C=O) groups is 2. The van der Waals surface area contributed by atoms with Gasteiger partial charge in [-0.05, 0) is 16.7 Å². The zero-order chi connectivity index (χ0) is 18.4. The predicted octanol–water partition coefficient (Wildman–Crippen LogP) is 4.19. The molecule has 3 aromatic rings. The fraction of sp³-hybridized carbons (Fsp3) is 0.0909. The van der Waals surface area contributed by atoms with Gasteiger partial charge >= 0.3 is 11.9 Å². The summed E-state index contributed by atoms with van der Waals surface area (Å²) in [4.78, 5) is 24.4. The molecule has 0 heterocycles. The lowest BCUT2D eigenvalue weighted by molar-refractivity contribution is -0.156. The quantitative estimate of drug-likeness (QED) is 0.537. The van der Waals surface area contributed by atoms with E-state index in [0.717, 1.165) is 11.1 Å². The zero-order valence-corrected chi connectivity index (χ0v) is 14.0. The number of hydrogen-bond donors (Lipinski definition) is 1. The first kappa shape index (κ1) is 17.4. The van der Waals surface area contributed by atoms with E-state index < -0.39 is 24.0 Å². The number of hydrogen-bond acceptors (Lipinski definition) is 3. The molecule has 0 bridgehead atoms. The van der Waals surface area contributed by atoms with Crippen molar-refractivity contribution >= 4 is 11.9 Å². The summed E-state index contributed by atoms with van der Waals surface area (Å²) in [7, 11) is 0. The van der Waals surface area contributed by atoms with Crippen LogP contribution in [0.2, 0.25) is 0 Å². The van der Waals surface area contributed by atoms with Crippen LogP contribution in [0.15, 0.2) is 91.0 Å². The van der Waals surface area contributed by atoms with Gasteiger partial charge in [-0.2, -0.15) is 0 Å². The molecule has 1 N–H and O–H groups in total. The maximum absolute atomic E-state index is 12.7. The van der Waals surface area contributed by atoms with Crippen molar-refractivity contribution in [2.24, 2.45) is 0 Å². The highest BCUT2D eigenvalue weighted by atomic mass is 16.5. The first-order valence-electron chi connectivity index (χ1n) is 8.25. The number of carboxylic acids is 1. The molecule has 0 aromatic heterocycles. The summed E-state index contributed by atoms with van der Waals surface area (Å²) >= 11 is 0. The van der Waals surface area contributed by atoms with Gasteiger partial charge in [0, 0.05) is 0 Å². The lowest BCUT2D eigenvalue weighted by atomic mass is 9.98. The van der Waals surface area contributed by atoms with Crippen molar-refractivity contribution < 1.29 is 19.4 Å². The van der Waals surface area contributed by atoms with Gasteiger partial charge in [-0.1, -0.05) is 91.0 Å². The minimum atomic E-state index is -1.37. The van der Waals surface area contributed by atoms with E-state index in [0.29, 0.717) is 5.56 Å². The highest BCUT2D eigenvalue weighted by molar-refractivity contribution is 6.00. The van der Waals surface area contributed by atoms with Gasteiger partial charge in [0.2, 0.25) is 0 Å². The average Bonchev–Trinajstić information content (AvgIpc) is 2.68. The third-order valence-corrected chi connectivity index (χ3v) is 4.05. The summed E-state index contributed by atoms with van der Waals surface area (Å²) in [6, 6.07) is 26.9. The van der Waals surface area contributed by atoms with E-state index in [1.54, 1.807) is 30.3 Å². The summed E-state index contributed by atoms with van der Waals surface area (Å²) in [6.07, 6.45) is -0.671. The second-order valence-corrected chi connectivity index (χ2v) is 5.82. The molecule has 0 amide bonds. The number of benzene rings is 3. The van der Waals surface area contributed by atoms with Crippen LogP contribution in [-0.2, 0) is 14.3 Å². The predicted molar refractivity (Wildman–Crippen MR) is 97.6 cm³/mol. The Morgan fingerprint density at radius 2 is 1.04 bits per heavy atom. The maximum Gasteiger partial charge on any atom is 0.325 e. The molecule has 0 aliphatic heterocycles. The second kappa shape index (κ2) is 8.12. The van der Waals surface area contributed by atoms with Crippen LogP contribution in [0.5, 0.6) is 0 Å². The lowest BCUT2D eigenvalue weighted by Gasteiger charge is -2.21. The highest BCUT2D eigenvalue weighted by Gasteiger charge is 2.32. The van der Waals surface area contributed by atoms with Crippen molar-refractivity contribution in [2.75, 3.05) is 0 Å². The summed E-state index contributed by atoms with van der Waals surface area (Å²) in [5, 5.41) is 9.55. The molecule has 3 rings (SSSR count). The molecule has 4 heteroatoms. The van der Waals surface area contributed by atoms with Crippen LogP contribution < -0.4 is 0 Å². The molecule has 0 spiro atoms. The van der Waals surface area contributed by atoms with Crippen molar-refractivity contribution in [1.29, 1.82) is 0 Å². The van der Waals surface area contributed by atoms with Crippen molar-refractivity contribution in [3.05, 3.63) is 108 Å². The Morgan fingerprint density at radius 3 is 1.42 bits per heavy atom. The normalized spacial score (nSPS) is 11.7. The van der Waals surface area contributed by atoms with Gasteiger partial charge in [-0.25, -0.2) is 0 Å². The first-order chi connectivity index (χ1) is 12.7. The Morgan fingerprint density at radius 1 is 0.654 bits per heavy atom. The van der Waals surface area contributed by atoms with Crippen LogP contribution in [0.25, 0.3) is 0 Å². The molecule has 4 nitrogen and oxygen atoms in total. The van der Waals surface area contributed by atoms with E-state index in [4.69, 9.17) is 4.74 Å². The van der Waals surface area contributed by atoms with Crippen molar-refractivity contribution in [3.63, 3.8) is 0 Å². The molecular weight excluding hydrogens is 328 g/mol. The molecule has 0 saturated heterocycles. The summed E-state index contributed by atoms with van der Waals surface area (Å²) in [6.45, 7) is 0. The van der Waals surface area contributed by atoms with E-state index in [2.05, 4.69) is 0 Å². The van der Waals surface area contributed by atoms with E-state index in [1.807, 2.05) is 60.7 Å². The minimum absolute atomic E-state index is 0.393. The third-order valence-electron chi connectivity index (χ3n) is 4.05. The van der Waals surface area contributed by atoms with Gasteiger partial charge in [0.05, 0.1) is 0 Å². The summed E-state index contributed by atoms with van der Waals surface area (Å²) in [5.74, 6) is -3.39. The van der Waals surface area contributed by atoms with Crippen LogP contribution in [0.4, 0.5) is 0 Å². The topological polar surface area (TPSA) is 63.6 Å². The molecule has 1 atom stereocenters. The molecular formula is C22H18O4. The zero-order valence-electron chi connectivity index (χ0n) is 14.0. The number of ether oxygens (including phenoxy) is 1. The first-order valence-corrected chi connectivity index (χ1v) is 8.25. The van der Waals surface area contributed by atoms with E-state index in [-0.39, 0.29) is 0 Å². The fourth-order valence-electron chi connectivity index (χ4n) is 2.79. The molecule has 3 aromatic carbocycles. The molecule has 26 heavy (non-hydrogen) atoms. The third kappa shape index (κ3) is 3.98. The highest BCUT2D eigenvalue weighted by Crippen LogP contribution is 2.29. The monoisotopic (exact) mass is 346 g/mol. The van der Waals surface area contributed by atoms with E-state index >= 15 is 0 Å². The van der Waals surface area contributed by atoms with Gasteiger partial charge in [0.1, 0.15) is 0 Å². The second-order valence-electron chi connectivity index (χ2n) is 5.82. The van der Waals surface area contributed by atoms with E-state index in [1.165, 1.54) is 0 Å². The summed E-state index contributed by atoms with van der Waals surface area (Å²) < 4.78 is 5.68. The fourth-order valence-corrected chi connectivity index (χ4v) is 2.79. The van der Waals surface area contributed by atoms with Crippen molar-refractivity contribution in [3.8, 4) is 0 Å². The lowest BCUT2D eigenvalue weighted by Crippen LogP contribution is -2.25. The van der Waals surface area contributed by atoms with Crippen molar-refractivity contribution in [2.45, 2.75) is 12.0 Å². The molecule has 0 saturated carbocycles. The number of esters is 1. The molecule has 130 valence electrons. The number of aliphatic carboxylic acids is 1. The van der Waals surface area contributed by atoms with Gasteiger partial charge < -0.3 is 9.84 Å². The van der Waals surface area contributed by atoms with Gasteiger partial charge in [-0.15, -0.1) is 0 Å². The maximum atomic E-state index is 12.7. The number of carboxylic acid groups (broad SMARTS) is 1. The SMILES string of the molecule is O=C(O)[C@H](C(=O)OC(c1ccccc1)c1ccccc1)c1ccccc1. The van der Waals surface area contributed by atoms with Crippen LogP contribution in [-0.4, -0.2) is 17.0 Å². The van der Waals surface area contributed by atoms with E-state index in [9.17, 15) is 14.7 Å². The largest absolute Gasteiger partial charge is 0.480 e. The summed E-state index contributed by atoms with van der Waals surface area (Å²) in [5.41, 5.74) is 1.96. The number of carbonyl (C=O) groups excluding carboxylic acids is 1. The van der Waals surface area contributed by atoms with Gasteiger partial charge in [-0.3, -0.25) is 9.59 Å². The standard InChI is InChI=1S/C22H18O4/c23-21(24)19(16-10-4-1-5-11-16)22(25)26-20(17-12-6-2-7-13-17)18-14-8-3-9-15-18/h1-15,19-20H,(H,23,24)/t19-/m1/s1. The Labute approximate surface area is 151 Å². The number of rotatable bonds is 6. The van der Waals surface area contributed by atoms with Crippen LogP contribution in [0.1, 0.15) is 28.7 Å². The Balaban J connectivity index is 1.93. The van der Waals surface area contributed by atoms with Gasteiger partial charge in [0.25, 0.3) is 0 Å². The smallest absolute Gasteiger partial charge is 0.325 e. The molecule has 0 fully saturated rings. The Bertz CT molecular complexity index is 821. The van der Waals surface area contributed by atoms with Crippen LogP contribution in [0.3, 0.4) is 0 Å².